The van der Waals surface area contributed by atoms with Gasteiger partial charge in [0.25, 0.3) is 0 Å². The lowest BCUT2D eigenvalue weighted by molar-refractivity contribution is 0.562. The van der Waals surface area contributed by atoms with Crippen LogP contribution in [0.1, 0.15) is 17.5 Å². The van der Waals surface area contributed by atoms with E-state index < -0.39 is 11.6 Å². The third-order valence-corrected chi connectivity index (χ3v) is 4.16. The van der Waals surface area contributed by atoms with Crippen LogP contribution in [0.5, 0.6) is 0 Å². The molecule has 0 spiro atoms. The molecule has 104 valence electrons. The summed E-state index contributed by atoms with van der Waals surface area (Å²) in [6, 6.07) is 10.9. The van der Waals surface area contributed by atoms with Crippen LogP contribution in [0.2, 0.25) is 0 Å². The molecule has 2 aromatic rings. The van der Waals surface area contributed by atoms with Crippen LogP contribution in [-0.2, 0) is 12.8 Å². The Kier molecular flexibility index (Phi) is 3.74. The smallest absolute Gasteiger partial charge is 0.150 e. The second-order valence-electron chi connectivity index (χ2n) is 5.10. The number of halogens is 3. The number of rotatable bonds is 2. The van der Waals surface area contributed by atoms with Gasteiger partial charge >= 0.3 is 0 Å². The molecule has 1 unspecified atom stereocenters. The standard InChI is InChI=1S/C16H14BrF2N/c17-12-8-14(18)16(15(19)9-12)20-13-6-5-10-3-1-2-4-11(10)7-13/h1-4,8-9,13,20H,5-7H2. The van der Waals surface area contributed by atoms with Crippen molar-refractivity contribution in [1.82, 2.24) is 0 Å². The summed E-state index contributed by atoms with van der Waals surface area (Å²) in [6.45, 7) is 0. The molecule has 0 saturated carbocycles. The Bertz CT molecular complexity index is 619. The number of aryl methyl sites for hydroxylation is 1. The Hall–Kier alpha value is -1.42. The molecule has 0 radical (unpaired) electrons. The van der Waals surface area contributed by atoms with Crippen LogP contribution in [0.3, 0.4) is 0 Å². The minimum absolute atomic E-state index is 0.0300. The highest BCUT2D eigenvalue weighted by Gasteiger charge is 2.20. The van der Waals surface area contributed by atoms with Gasteiger partial charge in [0.2, 0.25) is 0 Å². The van der Waals surface area contributed by atoms with E-state index >= 15 is 0 Å². The van der Waals surface area contributed by atoms with E-state index in [0.717, 1.165) is 19.3 Å². The van der Waals surface area contributed by atoms with Crippen molar-refractivity contribution in [2.75, 3.05) is 5.32 Å². The molecule has 0 heterocycles. The van der Waals surface area contributed by atoms with Gasteiger partial charge in [-0.1, -0.05) is 40.2 Å². The summed E-state index contributed by atoms with van der Waals surface area (Å²) in [5.41, 5.74) is 2.56. The first kappa shape index (κ1) is 13.6. The zero-order chi connectivity index (χ0) is 14.1. The van der Waals surface area contributed by atoms with Crippen molar-refractivity contribution in [1.29, 1.82) is 0 Å². The van der Waals surface area contributed by atoms with E-state index in [4.69, 9.17) is 0 Å². The zero-order valence-electron chi connectivity index (χ0n) is 10.8. The molecule has 0 amide bonds. The summed E-state index contributed by atoms with van der Waals surface area (Å²) in [5, 5.41) is 3.01. The van der Waals surface area contributed by atoms with Gasteiger partial charge < -0.3 is 5.32 Å². The van der Waals surface area contributed by atoms with Crippen LogP contribution in [0.15, 0.2) is 40.9 Å². The molecule has 0 fully saturated rings. The quantitative estimate of drug-likeness (QED) is 0.837. The van der Waals surface area contributed by atoms with Gasteiger partial charge in [0, 0.05) is 10.5 Å². The molecule has 1 atom stereocenters. The number of fused-ring (bicyclic) bond motifs is 1. The summed E-state index contributed by atoms with van der Waals surface area (Å²) < 4.78 is 28.1. The normalized spacial score (nSPS) is 17.6. The second kappa shape index (κ2) is 5.52. The first-order valence-corrected chi connectivity index (χ1v) is 7.40. The van der Waals surface area contributed by atoms with Gasteiger partial charge in [-0.3, -0.25) is 0 Å². The summed E-state index contributed by atoms with van der Waals surface area (Å²) in [5.74, 6) is -1.12. The van der Waals surface area contributed by atoms with Crippen molar-refractivity contribution < 1.29 is 8.78 Å². The van der Waals surface area contributed by atoms with Crippen molar-refractivity contribution in [2.24, 2.45) is 0 Å². The lowest BCUT2D eigenvalue weighted by atomic mass is 9.88. The average molecular weight is 338 g/mol. The Morgan fingerprint density at radius 2 is 1.70 bits per heavy atom. The Balaban J connectivity index is 1.80. The number of anilines is 1. The topological polar surface area (TPSA) is 12.0 Å². The molecule has 1 aliphatic carbocycles. The fourth-order valence-corrected chi connectivity index (χ4v) is 3.11. The molecule has 0 bridgehead atoms. The predicted octanol–water partition coefficient (Wildman–Crippen LogP) is 4.70. The van der Waals surface area contributed by atoms with E-state index in [1.807, 2.05) is 12.1 Å². The fourth-order valence-electron chi connectivity index (χ4n) is 2.71. The lowest BCUT2D eigenvalue weighted by Gasteiger charge is -2.26. The molecule has 1 aliphatic rings. The first-order chi connectivity index (χ1) is 9.63. The zero-order valence-corrected chi connectivity index (χ0v) is 12.4. The SMILES string of the molecule is Fc1cc(Br)cc(F)c1NC1CCc2ccccc2C1. The van der Waals surface area contributed by atoms with Crippen molar-refractivity contribution in [3.05, 3.63) is 63.6 Å². The molecular weight excluding hydrogens is 324 g/mol. The number of hydrogen-bond acceptors (Lipinski definition) is 1. The van der Waals surface area contributed by atoms with Gasteiger partial charge in [-0.05, 0) is 42.5 Å². The van der Waals surface area contributed by atoms with E-state index in [9.17, 15) is 8.78 Å². The van der Waals surface area contributed by atoms with E-state index in [1.54, 1.807) is 0 Å². The number of hydrogen-bond donors (Lipinski definition) is 1. The van der Waals surface area contributed by atoms with Crippen LogP contribution >= 0.6 is 15.9 Å². The third-order valence-electron chi connectivity index (χ3n) is 3.70. The maximum absolute atomic E-state index is 13.8. The minimum atomic E-state index is -0.560. The van der Waals surface area contributed by atoms with Gasteiger partial charge in [-0.15, -0.1) is 0 Å². The highest BCUT2D eigenvalue weighted by molar-refractivity contribution is 9.10. The molecule has 0 aliphatic heterocycles. The van der Waals surface area contributed by atoms with Crippen LogP contribution in [-0.4, -0.2) is 6.04 Å². The Morgan fingerprint density at radius 3 is 2.40 bits per heavy atom. The van der Waals surface area contributed by atoms with E-state index in [-0.39, 0.29) is 11.7 Å². The summed E-state index contributed by atoms with van der Waals surface area (Å²) in [6.07, 6.45) is 2.62. The number of benzene rings is 2. The van der Waals surface area contributed by atoms with Crippen molar-refractivity contribution in [2.45, 2.75) is 25.3 Å². The average Bonchev–Trinajstić information content (AvgIpc) is 2.42. The molecule has 20 heavy (non-hydrogen) atoms. The molecule has 1 N–H and O–H groups in total. The fraction of sp³-hybridized carbons (Fsp3) is 0.250. The molecule has 2 aromatic carbocycles. The summed E-state index contributed by atoms with van der Waals surface area (Å²) >= 11 is 3.09. The van der Waals surface area contributed by atoms with Crippen LogP contribution in [0, 0.1) is 11.6 Å². The highest BCUT2D eigenvalue weighted by Crippen LogP contribution is 2.28. The first-order valence-electron chi connectivity index (χ1n) is 6.61. The van der Waals surface area contributed by atoms with E-state index in [1.165, 1.54) is 23.3 Å². The third kappa shape index (κ3) is 2.70. The molecule has 0 saturated heterocycles. The maximum Gasteiger partial charge on any atom is 0.150 e. The lowest BCUT2D eigenvalue weighted by Crippen LogP contribution is -2.28. The summed E-state index contributed by atoms with van der Waals surface area (Å²) in [4.78, 5) is 0. The van der Waals surface area contributed by atoms with Crippen molar-refractivity contribution in [3.63, 3.8) is 0 Å². The van der Waals surface area contributed by atoms with E-state index in [0.29, 0.717) is 4.47 Å². The van der Waals surface area contributed by atoms with Crippen molar-refractivity contribution >= 4 is 21.6 Å². The maximum atomic E-state index is 13.8. The minimum Gasteiger partial charge on any atom is -0.377 e. The number of nitrogens with one attached hydrogen (secondary N) is 1. The van der Waals surface area contributed by atoms with Crippen molar-refractivity contribution in [3.8, 4) is 0 Å². The molecule has 1 nitrogen and oxygen atoms in total. The second-order valence-corrected chi connectivity index (χ2v) is 6.01. The molecule has 0 aromatic heterocycles. The molecular formula is C16H14BrF2N. The van der Waals surface area contributed by atoms with Crippen LogP contribution < -0.4 is 5.32 Å². The monoisotopic (exact) mass is 337 g/mol. The van der Waals surface area contributed by atoms with Gasteiger partial charge in [0.1, 0.15) is 17.3 Å². The molecule has 4 heteroatoms. The van der Waals surface area contributed by atoms with Crippen LogP contribution in [0.4, 0.5) is 14.5 Å². The predicted molar refractivity (Wildman–Crippen MR) is 79.9 cm³/mol. The van der Waals surface area contributed by atoms with Crippen LogP contribution in [0.25, 0.3) is 0 Å². The largest absolute Gasteiger partial charge is 0.377 e. The highest BCUT2D eigenvalue weighted by atomic mass is 79.9. The summed E-state index contributed by atoms with van der Waals surface area (Å²) in [7, 11) is 0. The van der Waals surface area contributed by atoms with Gasteiger partial charge in [0.05, 0.1) is 0 Å². The van der Waals surface area contributed by atoms with E-state index in [2.05, 4.69) is 33.4 Å². The van der Waals surface area contributed by atoms with Gasteiger partial charge in [-0.2, -0.15) is 0 Å². The Morgan fingerprint density at radius 1 is 1.05 bits per heavy atom. The van der Waals surface area contributed by atoms with Gasteiger partial charge in [0.15, 0.2) is 0 Å². The van der Waals surface area contributed by atoms with Gasteiger partial charge in [-0.25, -0.2) is 8.78 Å². The Labute approximate surface area is 125 Å². The molecule has 3 rings (SSSR count).